The van der Waals surface area contributed by atoms with E-state index in [2.05, 4.69) is 18.8 Å². The summed E-state index contributed by atoms with van der Waals surface area (Å²) in [6.45, 7) is 6.92. The summed E-state index contributed by atoms with van der Waals surface area (Å²) in [7, 11) is 1.65. The standard InChI is InChI=1S/C15H26N2O3S/c1-10(2)5-12(7-16)6-14(18)20-8-13-9-21-15(17-13)11(3)19-4/h9-12H,5-8,16H2,1-4H3/t11?,12-/m0/s1. The molecule has 2 atom stereocenters. The molecule has 0 aliphatic heterocycles. The van der Waals surface area contributed by atoms with Crippen LogP contribution < -0.4 is 5.73 Å². The van der Waals surface area contributed by atoms with Gasteiger partial charge >= 0.3 is 5.97 Å². The largest absolute Gasteiger partial charge is 0.459 e. The third-order valence-corrected chi connectivity index (χ3v) is 4.30. The molecule has 0 aliphatic carbocycles. The predicted molar refractivity (Wildman–Crippen MR) is 84.0 cm³/mol. The number of hydrogen-bond acceptors (Lipinski definition) is 6. The van der Waals surface area contributed by atoms with Gasteiger partial charge in [-0.3, -0.25) is 4.79 Å². The van der Waals surface area contributed by atoms with Gasteiger partial charge in [-0.1, -0.05) is 13.8 Å². The summed E-state index contributed by atoms with van der Waals surface area (Å²) in [5, 5.41) is 2.79. The van der Waals surface area contributed by atoms with Crippen LogP contribution in [0.1, 0.15) is 50.4 Å². The van der Waals surface area contributed by atoms with Crippen LogP contribution in [0.2, 0.25) is 0 Å². The first kappa shape index (κ1) is 18.1. The van der Waals surface area contributed by atoms with E-state index in [9.17, 15) is 4.79 Å². The zero-order chi connectivity index (χ0) is 15.8. The molecule has 1 rings (SSSR count). The lowest BCUT2D eigenvalue weighted by atomic mass is 9.94. The molecule has 0 amide bonds. The van der Waals surface area contributed by atoms with Crippen molar-refractivity contribution in [3.8, 4) is 0 Å². The average Bonchev–Trinajstić information content (AvgIpc) is 2.92. The van der Waals surface area contributed by atoms with Crippen LogP contribution in [0, 0.1) is 11.8 Å². The van der Waals surface area contributed by atoms with E-state index in [0.717, 1.165) is 17.1 Å². The van der Waals surface area contributed by atoms with Crippen molar-refractivity contribution >= 4 is 17.3 Å². The van der Waals surface area contributed by atoms with E-state index in [4.69, 9.17) is 15.2 Å². The van der Waals surface area contributed by atoms with Crippen molar-refractivity contribution in [3.05, 3.63) is 16.1 Å². The molecule has 0 aromatic carbocycles. The fraction of sp³-hybridized carbons (Fsp3) is 0.733. The van der Waals surface area contributed by atoms with Crippen molar-refractivity contribution in [1.82, 2.24) is 4.98 Å². The van der Waals surface area contributed by atoms with Gasteiger partial charge in [0, 0.05) is 18.9 Å². The highest BCUT2D eigenvalue weighted by Crippen LogP contribution is 2.21. The lowest BCUT2D eigenvalue weighted by Gasteiger charge is -2.15. The number of thiazole rings is 1. The van der Waals surface area contributed by atoms with Crippen molar-refractivity contribution in [2.45, 2.75) is 46.3 Å². The molecule has 1 aromatic rings. The average molecular weight is 314 g/mol. The lowest BCUT2D eigenvalue weighted by molar-refractivity contribution is -0.146. The monoisotopic (exact) mass is 314 g/mol. The number of aromatic nitrogens is 1. The molecule has 0 saturated carbocycles. The third kappa shape index (κ3) is 6.54. The van der Waals surface area contributed by atoms with E-state index >= 15 is 0 Å². The molecule has 0 fully saturated rings. The van der Waals surface area contributed by atoms with E-state index in [1.54, 1.807) is 7.11 Å². The first-order valence-electron chi connectivity index (χ1n) is 7.29. The SMILES string of the molecule is COC(C)c1nc(COC(=O)C[C@@H](CN)CC(C)C)cs1. The molecule has 5 nitrogen and oxygen atoms in total. The number of rotatable bonds is 9. The zero-order valence-electron chi connectivity index (χ0n) is 13.3. The van der Waals surface area contributed by atoms with Crippen LogP contribution in [-0.2, 0) is 20.9 Å². The summed E-state index contributed by atoms with van der Waals surface area (Å²) >= 11 is 1.51. The third-order valence-electron chi connectivity index (χ3n) is 3.25. The Bertz CT molecular complexity index is 434. The summed E-state index contributed by atoms with van der Waals surface area (Å²) < 4.78 is 10.5. The molecule has 0 aliphatic rings. The molecule has 1 aromatic heterocycles. The molecule has 0 radical (unpaired) electrons. The Morgan fingerprint density at radius 1 is 1.43 bits per heavy atom. The molecular formula is C15H26N2O3S. The Labute approximate surface area is 130 Å². The number of carbonyl (C=O) groups excluding carboxylic acids is 1. The van der Waals surface area contributed by atoms with Crippen LogP contribution in [0.3, 0.4) is 0 Å². The Morgan fingerprint density at radius 3 is 2.71 bits per heavy atom. The fourth-order valence-corrected chi connectivity index (χ4v) is 2.89. The number of nitrogens with two attached hydrogens (primary N) is 1. The van der Waals surface area contributed by atoms with Crippen molar-refractivity contribution in [3.63, 3.8) is 0 Å². The van der Waals surface area contributed by atoms with Crippen molar-refractivity contribution in [2.24, 2.45) is 17.6 Å². The van der Waals surface area contributed by atoms with Gasteiger partial charge in [-0.15, -0.1) is 11.3 Å². The Morgan fingerprint density at radius 2 is 2.14 bits per heavy atom. The van der Waals surface area contributed by atoms with Gasteiger partial charge in [-0.25, -0.2) is 4.98 Å². The molecule has 1 heterocycles. The van der Waals surface area contributed by atoms with Crippen LogP contribution in [0.4, 0.5) is 0 Å². The molecule has 2 N–H and O–H groups in total. The van der Waals surface area contributed by atoms with Gasteiger partial charge in [-0.2, -0.15) is 0 Å². The minimum Gasteiger partial charge on any atom is -0.459 e. The van der Waals surface area contributed by atoms with Crippen molar-refractivity contribution in [1.29, 1.82) is 0 Å². The molecule has 0 saturated heterocycles. The van der Waals surface area contributed by atoms with E-state index in [1.807, 2.05) is 12.3 Å². The van der Waals surface area contributed by atoms with Crippen molar-refractivity contribution in [2.75, 3.05) is 13.7 Å². The highest BCUT2D eigenvalue weighted by atomic mass is 32.1. The minimum atomic E-state index is -0.208. The maximum atomic E-state index is 11.8. The smallest absolute Gasteiger partial charge is 0.306 e. The number of hydrogen-bond donors (Lipinski definition) is 1. The van der Waals surface area contributed by atoms with Gasteiger partial charge in [0.1, 0.15) is 17.7 Å². The van der Waals surface area contributed by atoms with Crippen LogP contribution in [0.5, 0.6) is 0 Å². The fourth-order valence-electron chi connectivity index (χ4n) is 2.06. The van der Waals surface area contributed by atoms with E-state index in [-0.39, 0.29) is 24.6 Å². The van der Waals surface area contributed by atoms with Crippen LogP contribution in [-0.4, -0.2) is 24.6 Å². The first-order valence-corrected chi connectivity index (χ1v) is 8.17. The van der Waals surface area contributed by atoms with Gasteiger partial charge in [0.05, 0.1) is 5.69 Å². The second kappa shape index (κ2) is 9.12. The molecule has 0 bridgehead atoms. The number of methoxy groups -OCH3 is 1. The summed E-state index contributed by atoms with van der Waals surface area (Å²) in [6, 6.07) is 0. The number of ether oxygens (including phenoxy) is 2. The maximum absolute atomic E-state index is 11.8. The summed E-state index contributed by atoms with van der Waals surface area (Å²) in [6.07, 6.45) is 1.28. The van der Waals surface area contributed by atoms with E-state index in [0.29, 0.717) is 18.9 Å². The van der Waals surface area contributed by atoms with Crippen molar-refractivity contribution < 1.29 is 14.3 Å². The van der Waals surface area contributed by atoms with Gasteiger partial charge in [0.15, 0.2) is 0 Å². The summed E-state index contributed by atoms with van der Waals surface area (Å²) in [5.74, 6) is 0.514. The maximum Gasteiger partial charge on any atom is 0.306 e. The first-order chi connectivity index (χ1) is 9.96. The molecule has 0 spiro atoms. The van der Waals surface area contributed by atoms with Gasteiger partial charge in [0.2, 0.25) is 0 Å². The van der Waals surface area contributed by atoms with E-state index < -0.39 is 0 Å². The number of nitrogens with zero attached hydrogens (tertiary/aromatic N) is 1. The Kier molecular flexibility index (Phi) is 7.85. The molecule has 6 heteroatoms. The Hall–Kier alpha value is -0.980. The van der Waals surface area contributed by atoms with Crippen LogP contribution >= 0.6 is 11.3 Å². The summed E-state index contributed by atoms with van der Waals surface area (Å²) in [4.78, 5) is 16.2. The topological polar surface area (TPSA) is 74.4 Å². The van der Waals surface area contributed by atoms with Gasteiger partial charge in [0.25, 0.3) is 0 Å². The number of esters is 1. The van der Waals surface area contributed by atoms with Gasteiger partial charge in [-0.05, 0) is 31.7 Å². The van der Waals surface area contributed by atoms with Crippen LogP contribution in [0.15, 0.2) is 5.38 Å². The predicted octanol–water partition coefficient (Wildman–Crippen LogP) is 2.90. The minimum absolute atomic E-state index is 0.0351. The van der Waals surface area contributed by atoms with E-state index in [1.165, 1.54) is 11.3 Å². The highest BCUT2D eigenvalue weighted by molar-refractivity contribution is 7.09. The van der Waals surface area contributed by atoms with Crippen LogP contribution in [0.25, 0.3) is 0 Å². The molecular weight excluding hydrogens is 288 g/mol. The molecule has 1 unspecified atom stereocenters. The second-order valence-corrected chi connectivity index (χ2v) is 6.54. The number of carbonyl (C=O) groups is 1. The Balaban J connectivity index is 2.40. The second-order valence-electron chi connectivity index (χ2n) is 5.65. The van der Waals surface area contributed by atoms with Gasteiger partial charge < -0.3 is 15.2 Å². The normalized spacial score (nSPS) is 14.2. The lowest BCUT2D eigenvalue weighted by Crippen LogP contribution is -2.21. The highest BCUT2D eigenvalue weighted by Gasteiger charge is 2.16. The molecule has 120 valence electrons. The summed E-state index contributed by atoms with van der Waals surface area (Å²) in [5.41, 5.74) is 6.46. The zero-order valence-corrected chi connectivity index (χ0v) is 14.1. The quantitative estimate of drug-likeness (QED) is 0.709. The molecule has 21 heavy (non-hydrogen) atoms.